The molecule has 0 unspecified atom stereocenters. The van der Waals surface area contributed by atoms with Gasteiger partial charge in [0, 0.05) is 11.9 Å². The smallest absolute Gasteiger partial charge is 0.0642 e. The second-order valence-corrected chi connectivity index (χ2v) is 1.37. The van der Waals surface area contributed by atoms with Crippen LogP contribution in [-0.2, 0) is 0 Å². The third kappa shape index (κ3) is 1.000. The van der Waals surface area contributed by atoms with Gasteiger partial charge in [-0.15, -0.1) is 0 Å². The zero-order valence-electron chi connectivity index (χ0n) is 5.18. The minimum absolute atomic E-state index is 0.507. The number of hydrogen-bond donors (Lipinski definition) is 0. The molecule has 0 aromatic carbocycles. The summed E-state index contributed by atoms with van der Waals surface area (Å²) in [6.45, 7) is 1.82. The Bertz CT molecular complexity index is 165. The molecule has 0 amide bonds. The first kappa shape index (κ1) is 3.19. The fourth-order valence-corrected chi connectivity index (χ4v) is 0.404. The lowest BCUT2D eigenvalue weighted by molar-refractivity contribution is 1.20. The molecule has 0 radical (unpaired) electrons. The number of aryl methyl sites for hydroxylation is 1. The highest BCUT2D eigenvalue weighted by Crippen LogP contribution is 1.85. The first-order chi connectivity index (χ1) is 3.80. The van der Waals surface area contributed by atoms with Crippen LogP contribution in [0.4, 0.5) is 0 Å². The molecule has 0 spiro atoms. The molecule has 1 nitrogen and oxygen atoms in total. The molecule has 1 aromatic heterocycles. The molecule has 0 fully saturated rings. The van der Waals surface area contributed by atoms with Crippen LogP contribution in [0, 0.1) is 6.92 Å². The molecular weight excluding hydrogens is 86.1 g/mol. The average molecular weight is 94.1 g/mol. The zero-order chi connectivity index (χ0) is 5.98. The maximum atomic E-state index is 7.16. The van der Waals surface area contributed by atoms with Gasteiger partial charge in [-0.3, -0.25) is 4.98 Å². The Kier molecular flexibility index (Phi) is 0.791. The Hall–Kier alpha value is -0.850. The molecular formula is C6H7N. The normalized spacial score (nSPS) is 10.7. The third-order valence-corrected chi connectivity index (χ3v) is 0.743. The average Bonchev–Trinajstić information content (AvgIpc) is 1.77. The Balaban J connectivity index is 3.13. The van der Waals surface area contributed by atoms with E-state index in [1.165, 1.54) is 0 Å². The summed E-state index contributed by atoms with van der Waals surface area (Å²) in [5.41, 5.74) is 0.785. The van der Waals surface area contributed by atoms with Gasteiger partial charge in [0.25, 0.3) is 0 Å². The van der Waals surface area contributed by atoms with Gasteiger partial charge in [-0.2, -0.15) is 0 Å². The molecule has 1 aromatic rings. The Morgan fingerprint density at radius 2 is 2.57 bits per heavy atom. The van der Waals surface area contributed by atoms with E-state index in [-0.39, 0.29) is 0 Å². The van der Waals surface area contributed by atoms with E-state index in [9.17, 15) is 0 Å². The molecule has 0 bridgehead atoms. The highest BCUT2D eigenvalue weighted by Gasteiger charge is 1.73. The van der Waals surface area contributed by atoms with E-state index in [0.717, 1.165) is 5.69 Å². The minimum atomic E-state index is 0.507. The lowest BCUT2D eigenvalue weighted by Crippen LogP contribution is -1.72. The molecule has 0 N–H and O–H groups in total. The zero-order valence-corrected chi connectivity index (χ0v) is 4.18. The van der Waals surface area contributed by atoms with Crippen molar-refractivity contribution in [3.05, 3.63) is 30.1 Å². The van der Waals surface area contributed by atoms with Crippen molar-refractivity contribution in [2.24, 2.45) is 0 Å². The van der Waals surface area contributed by atoms with Gasteiger partial charge in [0.1, 0.15) is 0 Å². The van der Waals surface area contributed by atoms with Crippen LogP contribution in [0.2, 0.25) is 0 Å². The number of hydrogen-bond acceptors (Lipinski definition) is 1. The number of rotatable bonds is 0. The number of nitrogens with zero attached hydrogens (tertiary/aromatic N) is 1. The van der Waals surface area contributed by atoms with Gasteiger partial charge in [0.05, 0.1) is 1.37 Å². The minimum Gasteiger partial charge on any atom is -0.262 e. The van der Waals surface area contributed by atoms with Gasteiger partial charge in [-0.25, -0.2) is 0 Å². The molecule has 0 aliphatic heterocycles. The molecule has 1 heterocycles. The van der Waals surface area contributed by atoms with Gasteiger partial charge < -0.3 is 0 Å². The summed E-state index contributed by atoms with van der Waals surface area (Å²) in [5.74, 6) is 0. The van der Waals surface area contributed by atoms with Gasteiger partial charge >= 0.3 is 0 Å². The Morgan fingerprint density at radius 1 is 1.71 bits per heavy atom. The van der Waals surface area contributed by atoms with Gasteiger partial charge in [-0.1, -0.05) is 6.07 Å². The first-order valence-electron chi connectivity index (χ1n) is 2.69. The summed E-state index contributed by atoms with van der Waals surface area (Å²) < 4.78 is 7.16. The number of pyridine rings is 1. The fourth-order valence-electron chi connectivity index (χ4n) is 0.404. The molecule has 1 rings (SSSR count). The summed E-state index contributed by atoms with van der Waals surface area (Å²) in [7, 11) is 0. The van der Waals surface area contributed by atoms with Crippen molar-refractivity contribution < 1.29 is 1.37 Å². The topological polar surface area (TPSA) is 12.9 Å². The van der Waals surface area contributed by atoms with E-state index >= 15 is 0 Å². The molecule has 36 valence electrons. The van der Waals surface area contributed by atoms with Crippen molar-refractivity contribution in [1.82, 2.24) is 4.98 Å². The van der Waals surface area contributed by atoms with Crippen molar-refractivity contribution in [3.63, 3.8) is 0 Å². The van der Waals surface area contributed by atoms with Gasteiger partial charge in [-0.05, 0) is 19.0 Å². The van der Waals surface area contributed by atoms with Crippen LogP contribution in [0.3, 0.4) is 0 Å². The fraction of sp³-hybridized carbons (Fsp3) is 0.167. The van der Waals surface area contributed by atoms with Crippen LogP contribution in [0.5, 0.6) is 0 Å². The van der Waals surface area contributed by atoms with Crippen LogP contribution >= 0.6 is 0 Å². The van der Waals surface area contributed by atoms with Gasteiger partial charge in [0.15, 0.2) is 0 Å². The van der Waals surface area contributed by atoms with Crippen LogP contribution in [-0.4, -0.2) is 4.98 Å². The molecule has 0 aliphatic rings. The second kappa shape index (κ2) is 1.73. The Labute approximate surface area is 44.4 Å². The monoisotopic (exact) mass is 94.1 g/mol. The van der Waals surface area contributed by atoms with Crippen LogP contribution < -0.4 is 0 Å². The molecule has 7 heavy (non-hydrogen) atoms. The standard InChI is InChI=1S/C6H7N/c1-6-4-2-3-5-7-6/h2-5H,1H3/i4D. The quantitative estimate of drug-likeness (QED) is 0.473. The highest BCUT2D eigenvalue weighted by molar-refractivity contribution is 4.99. The van der Waals surface area contributed by atoms with E-state index in [1.807, 2.05) is 6.92 Å². The van der Waals surface area contributed by atoms with Crippen LogP contribution in [0.15, 0.2) is 24.4 Å². The van der Waals surface area contributed by atoms with E-state index in [2.05, 4.69) is 4.98 Å². The molecule has 0 aliphatic carbocycles. The third-order valence-electron chi connectivity index (χ3n) is 0.743. The van der Waals surface area contributed by atoms with Crippen molar-refractivity contribution in [3.8, 4) is 0 Å². The summed E-state index contributed by atoms with van der Waals surface area (Å²) in [6.07, 6.45) is 1.69. The van der Waals surface area contributed by atoms with E-state index < -0.39 is 0 Å². The van der Waals surface area contributed by atoms with Crippen molar-refractivity contribution in [2.75, 3.05) is 0 Å². The molecule has 0 saturated heterocycles. The maximum Gasteiger partial charge on any atom is 0.0642 e. The van der Waals surface area contributed by atoms with Crippen molar-refractivity contribution >= 4 is 0 Å². The first-order valence-corrected chi connectivity index (χ1v) is 2.19. The van der Waals surface area contributed by atoms with E-state index in [1.54, 1.807) is 18.3 Å². The van der Waals surface area contributed by atoms with Crippen LogP contribution in [0.25, 0.3) is 0 Å². The Morgan fingerprint density at radius 3 is 3.00 bits per heavy atom. The second-order valence-electron chi connectivity index (χ2n) is 1.37. The highest BCUT2D eigenvalue weighted by atomic mass is 14.6. The van der Waals surface area contributed by atoms with Crippen molar-refractivity contribution in [2.45, 2.75) is 6.92 Å². The SMILES string of the molecule is [2H]c1cccnc1C. The van der Waals surface area contributed by atoms with E-state index in [0.29, 0.717) is 6.04 Å². The lowest BCUT2D eigenvalue weighted by Gasteiger charge is -1.82. The largest absolute Gasteiger partial charge is 0.262 e. The van der Waals surface area contributed by atoms with Crippen molar-refractivity contribution in [1.29, 1.82) is 0 Å². The number of aromatic nitrogens is 1. The van der Waals surface area contributed by atoms with E-state index in [4.69, 9.17) is 1.37 Å². The maximum absolute atomic E-state index is 7.16. The predicted octanol–water partition coefficient (Wildman–Crippen LogP) is 1.39. The molecule has 1 heteroatoms. The predicted molar refractivity (Wildman–Crippen MR) is 29.0 cm³/mol. The molecule has 0 atom stereocenters. The summed E-state index contributed by atoms with van der Waals surface area (Å²) in [4.78, 5) is 3.89. The lowest BCUT2D eigenvalue weighted by atomic mass is 10.4. The summed E-state index contributed by atoms with van der Waals surface area (Å²) >= 11 is 0. The summed E-state index contributed by atoms with van der Waals surface area (Å²) in [6, 6.07) is 3.99. The van der Waals surface area contributed by atoms with Gasteiger partial charge in [0.2, 0.25) is 0 Å². The summed E-state index contributed by atoms with van der Waals surface area (Å²) in [5, 5.41) is 0. The molecule has 0 saturated carbocycles. The van der Waals surface area contributed by atoms with Crippen LogP contribution in [0.1, 0.15) is 7.06 Å².